The van der Waals surface area contributed by atoms with Crippen molar-refractivity contribution in [3.05, 3.63) is 54.1 Å². The molecule has 0 saturated carbocycles. The molecule has 5 heteroatoms. The summed E-state index contributed by atoms with van der Waals surface area (Å²) in [5, 5.41) is 0. The zero-order chi connectivity index (χ0) is 20.1. The number of nitrogens with zero attached hydrogens (tertiary/aromatic N) is 3. The second-order valence-electron chi connectivity index (χ2n) is 8.10. The Morgan fingerprint density at radius 1 is 0.931 bits per heavy atom. The van der Waals surface area contributed by atoms with Gasteiger partial charge in [-0.05, 0) is 67.6 Å². The van der Waals surface area contributed by atoms with Gasteiger partial charge in [-0.3, -0.25) is 9.80 Å². The van der Waals surface area contributed by atoms with Crippen molar-refractivity contribution in [3.8, 4) is 5.75 Å². The highest BCUT2D eigenvalue weighted by Gasteiger charge is 2.28. The second kappa shape index (κ2) is 9.88. The van der Waals surface area contributed by atoms with Gasteiger partial charge < -0.3 is 9.64 Å². The highest BCUT2D eigenvalue weighted by molar-refractivity contribution is 7.98. The molecule has 2 aliphatic rings. The van der Waals surface area contributed by atoms with Gasteiger partial charge in [-0.2, -0.15) is 0 Å². The van der Waals surface area contributed by atoms with E-state index in [0.717, 1.165) is 38.5 Å². The van der Waals surface area contributed by atoms with Gasteiger partial charge in [0, 0.05) is 55.9 Å². The van der Waals surface area contributed by atoms with Crippen molar-refractivity contribution in [1.29, 1.82) is 0 Å². The summed E-state index contributed by atoms with van der Waals surface area (Å²) in [6, 6.07) is 18.3. The van der Waals surface area contributed by atoms with E-state index >= 15 is 0 Å². The molecule has 2 heterocycles. The van der Waals surface area contributed by atoms with E-state index in [1.165, 1.54) is 42.1 Å². The molecule has 0 amide bonds. The molecule has 0 spiro atoms. The lowest BCUT2D eigenvalue weighted by atomic mass is 10.0. The van der Waals surface area contributed by atoms with Crippen LogP contribution in [0.1, 0.15) is 18.4 Å². The number of likely N-dealkylation sites (tertiary alicyclic amines) is 1. The summed E-state index contributed by atoms with van der Waals surface area (Å²) in [6.45, 7) is 8.05. The monoisotopic (exact) mass is 411 g/mol. The van der Waals surface area contributed by atoms with Crippen LogP contribution in [0.5, 0.6) is 5.75 Å². The van der Waals surface area contributed by atoms with Crippen molar-refractivity contribution in [2.45, 2.75) is 30.3 Å². The van der Waals surface area contributed by atoms with Crippen molar-refractivity contribution < 1.29 is 4.74 Å². The Labute approximate surface area is 179 Å². The molecular formula is C24H33N3OS. The average molecular weight is 412 g/mol. The SMILES string of the molecule is COc1ccc(N2CCN([C@@H]3CCCN(Cc4ccc(SC)cc4)C3)CC2)cc1. The molecule has 0 aliphatic carbocycles. The van der Waals surface area contributed by atoms with Crippen LogP contribution in [-0.2, 0) is 6.54 Å². The number of benzene rings is 2. The van der Waals surface area contributed by atoms with E-state index in [2.05, 4.69) is 69.5 Å². The van der Waals surface area contributed by atoms with Crippen molar-refractivity contribution in [3.63, 3.8) is 0 Å². The predicted molar refractivity (Wildman–Crippen MR) is 123 cm³/mol. The van der Waals surface area contributed by atoms with Gasteiger partial charge in [0.05, 0.1) is 7.11 Å². The standard InChI is InChI=1S/C24H33N3OS/c1-28-23-9-7-21(8-10-23)26-14-16-27(17-15-26)22-4-3-13-25(19-22)18-20-5-11-24(29-2)12-6-20/h5-12,22H,3-4,13-19H2,1-2H3/t22-/m1/s1. The number of anilines is 1. The molecule has 2 aromatic carbocycles. The van der Waals surface area contributed by atoms with E-state index in [1.54, 1.807) is 7.11 Å². The van der Waals surface area contributed by atoms with Crippen molar-refractivity contribution in [2.75, 3.05) is 57.5 Å². The smallest absolute Gasteiger partial charge is 0.119 e. The fourth-order valence-electron chi connectivity index (χ4n) is 4.60. The Balaban J connectivity index is 1.28. The third kappa shape index (κ3) is 5.27. The van der Waals surface area contributed by atoms with E-state index < -0.39 is 0 Å². The number of piperidine rings is 1. The van der Waals surface area contributed by atoms with E-state index in [1.807, 2.05) is 11.8 Å². The molecule has 0 aromatic heterocycles. The van der Waals surface area contributed by atoms with Crippen LogP contribution < -0.4 is 9.64 Å². The molecule has 0 unspecified atom stereocenters. The Hall–Kier alpha value is -1.69. The van der Waals surface area contributed by atoms with Gasteiger partial charge in [-0.1, -0.05) is 12.1 Å². The summed E-state index contributed by atoms with van der Waals surface area (Å²) in [5.41, 5.74) is 2.75. The van der Waals surface area contributed by atoms with Crippen LogP contribution in [-0.4, -0.2) is 68.5 Å². The molecule has 2 aromatic rings. The van der Waals surface area contributed by atoms with Gasteiger partial charge in [0.25, 0.3) is 0 Å². The molecule has 1 atom stereocenters. The lowest BCUT2D eigenvalue weighted by molar-refractivity contribution is 0.0888. The quantitative estimate of drug-likeness (QED) is 0.661. The normalized spacial score (nSPS) is 21.3. The number of hydrogen-bond acceptors (Lipinski definition) is 5. The Morgan fingerprint density at radius 3 is 2.31 bits per heavy atom. The summed E-state index contributed by atoms with van der Waals surface area (Å²) in [4.78, 5) is 9.23. The first-order valence-corrected chi connectivity index (χ1v) is 12.0. The fourth-order valence-corrected chi connectivity index (χ4v) is 5.01. The third-order valence-corrected chi connectivity index (χ3v) is 7.06. The van der Waals surface area contributed by atoms with Gasteiger partial charge in [0.1, 0.15) is 5.75 Å². The topological polar surface area (TPSA) is 19.0 Å². The summed E-state index contributed by atoms with van der Waals surface area (Å²) in [6.07, 6.45) is 4.79. The number of piperazine rings is 1. The number of methoxy groups -OCH3 is 1. The summed E-state index contributed by atoms with van der Waals surface area (Å²) >= 11 is 1.81. The Kier molecular flexibility index (Phi) is 7.01. The number of hydrogen-bond donors (Lipinski definition) is 0. The van der Waals surface area contributed by atoms with Crippen molar-refractivity contribution in [2.24, 2.45) is 0 Å². The number of rotatable bonds is 6. The van der Waals surface area contributed by atoms with Crippen LogP contribution in [0.15, 0.2) is 53.4 Å². The van der Waals surface area contributed by atoms with E-state index in [-0.39, 0.29) is 0 Å². The molecule has 29 heavy (non-hydrogen) atoms. The second-order valence-corrected chi connectivity index (χ2v) is 8.98. The molecule has 0 N–H and O–H groups in total. The predicted octanol–water partition coefficient (Wildman–Crippen LogP) is 4.20. The van der Waals surface area contributed by atoms with Gasteiger partial charge in [-0.25, -0.2) is 0 Å². The zero-order valence-electron chi connectivity index (χ0n) is 17.7. The van der Waals surface area contributed by atoms with Crippen LogP contribution in [0.3, 0.4) is 0 Å². The fraction of sp³-hybridized carbons (Fsp3) is 0.500. The molecule has 2 fully saturated rings. The highest BCUT2D eigenvalue weighted by atomic mass is 32.2. The largest absolute Gasteiger partial charge is 0.497 e. The van der Waals surface area contributed by atoms with Gasteiger partial charge in [-0.15, -0.1) is 11.8 Å². The molecule has 0 bridgehead atoms. The van der Waals surface area contributed by atoms with Gasteiger partial charge in [0.2, 0.25) is 0 Å². The van der Waals surface area contributed by atoms with E-state index in [9.17, 15) is 0 Å². The minimum absolute atomic E-state index is 0.701. The lowest BCUT2D eigenvalue weighted by Gasteiger charge is -2.44. The number of thioether (sulfide) groups is 1. The van der Waals surface area contributed by atoms with Crippen LogP contribution in [0.2, 0.25) is 0 Å². The molecule has 4 rings (SSSR count). The molecule has 2 saturated heterocycles. The maximum Gasteiger partial charge on any atom is 0.119 e. The first kappa shape index (κ1) is 20.6. The molecule has 156 valence electrons. The van der Waals surface area contributed by atoms with Gasteiger partial charge in [0.15, 0.2) is 0 Å². The summed E-state index contributed by atoms with van der Waals surface area (Å²) in [7, 11) is 1.72. The number of ether oxygens (including phenoxy) is 1. The highest BCUT2D eigenvalue weighted by Crippen LogP contribution is 2.24. The van der Waals surface area contributed by atoms with Crippen molar-refractivity contribution >= 4 is 17.4 Å². The average Bonchev–Trinajstić information content (AvgIpc) is 2.80. The van der Waals surface area contributed by atoms with Crippen molar-refractivity contribution in [1.82, 2.24) is 9.80 Å². The van der Waals surface area contributed by atoms with Gasteiger partial charge >= 0.3 is 0 Å². The molecule has 4 nitrogen and oxygen atoms in total. The Morgan fingerprint density at radius 2 is 1.66 bits per heavy atom. The zero-order valence-corrected chi connectivity index (χ0v) is 18.5. The molecular weight excluding hydrogens is 378 g/mol. The molecule has 2 aliphatic heterocycles. The van der Waals surface area contributed by atoms with Crippen LogP contribution in [0, 0.1) is 0 Å². The summed E-state index contributed by atoms with van der Waals surface area (Å²) in [5.74, 6) is 0.928. The first-order chi connectivity index (χ1) is 14.2. The van der Waals surface area contributed by atoms with Crippen LogP contribution >= 0.6 is 11.8 Å². The minimum atomic E-state index is 0.701. The van der Waals surface area contributed by atoms with E-state index in [4.69, 9.17) is 4.74 Å². The van der Waals surface area contributed by atoms with Crippen LogP contribution in [0.25, 0.3) is 0 Å². The Bertz CT molecular complexity index is 757. The summed E-state index contributed by atoms with van der Waals surface area (Å²) < 4.78 is 5.28. The first-order valence-electron chi connectivity index (χ1n) is 10.7. The lowest BCUT2D eigenvalue weighted by Crippen LogP contribution is -2.55. The van der Waals surface area contributed by atoms with E-state index in [0.29, 0.717) is 6.04 Å². The maximum atomic E-state index is 5.28. The minimum Gasteiger partial charge on any atom is -0.497 e. The van der Waals surface area contributed by atoms with Crippen LogP contribution in [0.4, 0.5) is 5.69 Å². The molecule has 0 radical (unpaired) electrons. The third-order valence-electron chi connectivity index (χ3n) is 6.31. The maximum absolute atomic E-state index is 5.28.